The smallest absolute Gasteiger partial charge is 0.303 e. The van der Waals surface area contributed by atoms with Gasteiger partial charge in [0.15, 0.2) is 5.76 Å². The zero-order valence-corrected chi connectivity index (χ0v) is 18.0. The standard InChI is InChI=1S/C22H23NO7S/c1-3-27-21-13-19(29-15(2)24)22(31-18-7-5-4-6-8-18)20(30-21)14-28-17-11-9-16(10-12-17)23(25)26/h4-12,19,21H,3,13-14H2,1-2H3/t19-,21+/m1/s1. The highest BCUT2D eigenvalue weighted by Gasteiger charge is 2.34. The minimum absolute atomic E-state index is 0.0212. The number of hydrogen-bond acceptors (Lipinski definition) is 8. The molecule has 2 aromatic rings. The van der Waals surface area contributed by atoms with Crippen LogP contribution in [0.4, 0.5) is 5.69 Å². The van der Waals surface area contributed by atoms with Crippen molar-refractivity contribution in [1.29, 1.82) is 0 Å². The number of rotatable bonds is 9. The lowest BCUT2D eigenvalue weighted by Gasteiger charge is -2.33. The molecule has 0 amide bonds. The minimum atomic E-state index is -0.579. The van der Waals surface area contributed by atoms with Crippen molar-refractivity contribution in [2.45, 2.75) is 37.6 Å². The molecule has 0 radical (unpaired) electrons. The average Bonchev–Trinajstić information content (AvgIpc) is 2.75. The van der Waals surface area contributed by atoms with Gasteiger partial charge in [0.05, 0.1) is 16.2 Å². The third-order valence-electron chi connectivity index (χ3n) is 4.30. The van der Waals surface area contributed by atoms with Crippen LogP contribution in [-0.2, 0) is 19.0 Å². The Bertz CT molecular complexity index is 931. The number of benzene rings is 2. The van der Waals surface area contributed by atoms with Gasteiger partial charge >= 0.3 is 5.97 Å². The largest absolute Gasteiger partial charge is 0.486 e. The van der Waals surface area contributed by atoms with Gasteiger partial charge < -0.3 is 18.9 Å². The zero-order valence-electron chi connectivity index (χ0n) is 17.2. The Hall–Kier alpha value is -3.04. The van der Waals surface area contributed by atoms with Crippen LogP contribution in [0.15, 0.2) is 70.2 Å². The Morgan fingerprint density at radius 2 is 1.90 bits per heavy atom. The Morgan fingerprint density at radius 1 is 1.19 bits per heavy atom. The first-order valence-electron chi connectivity index (χ1n) is 9.75. The second kappa shape index (κ2) is 10.8. The Morgan fingerprint density at radius 3 is 2.52 bits per heavy atom. The monoisotopic (exact) mass is 445 g/mol. The van der Waals surface area contributed by atoms with E-state index in [1.54, 1.807) is 0 Å². The van der Waals surface area contributed by atoms with Crippen molar-refractivity contribution >= 4 is 23.4 Å². The summed E-state index contributed by atoms with van der Waals surface area (Å²) in [4.78, 5) is 23.8. The van der Waals surface area contributed by atoms with Gasteiger partial charge in [0.25, 0.3) is 5.69 Å². The topological polar surface area (TPSA) is 97.1 Å². The third kappa shape index (κ3) is 6.47. The van der Waals surface area contributed by atoms with E-state index in [0.717, 1.165) is 9.80 Å². The van der Waals surface area contributed by atoms with Crippen LogP contribution in [0.1, 0.15) is 20.3 Å². The number of hydrogen-bond donors (Lipinski definition) is 0. The van der Waals surface area contributed by atoms with E-state index in [4.69, 9.17) is 18.9 Å². The van der Waals surface area contributed by atoms with E-state index in [1.165, 1.54) is 43.0 Å². The fourth-order valence-electron chi connectivity index (χ4n) is 2.97. The van der Waals surface area contributed by atoms with Crippen molar-refractivity contribution in [2.75, 3.05) is 13.2 Å². The van der Waals surface area contributed by atoms with E-state index in [2.05, 4.69) is 0 Å². The number of nitrogens with zero attached hydrogens (tertiary/aromatic N) is 1. The molecule has 0 unspecified atom stereocenters. The van der Waals surface area contributed by atoms with Crippen LogP contribution in [0.2, 0.25) is 0 Å². The summed E-state index contributed by atoms with van der Waals surface area (Å²) in [5.41, 5.74) is -0.0212. The maximum atomic E-state index is 11.7. The van der Waals surface area contributed by atoms with Gasteiger partial charge in [-0.1, -0.05) is 30.0 Å². The molecule has 0 spiro atoms. The van der Waals surface area contributed by atoms with Gasteiger partial charge in [0, 0.05) is 30.6 Å². The molecule has 3 rings (SSSR count). The average molecular weight is 445 g/mol. The summed E-state index contributed by atoms with van der Waals surface area (Å²) in [6.45, 7) is 3.71. The van der Waals surface area contributed by atoms with Gasteiger partial charge in [-0.3, -0.25) is 14.9 Å². The van der Waals surface area contributed by atoms with Crippen LogP contribution in [0, 0.1) is 10.1 Å². The highest BCUT2D eigenvalue weighted by atomic mass is 32.2. The molecule has 1 aliphatic rings. The number of esters is 1. The number of carbonyl (C=O) groups excluding carboxylic acids is 1. The molecular weight excluding hydrogens is 422 g/mol. The molecule has 0 fully saturated rings. The number of ether oxygens (including phenoxy) is 4. The molecule has 1 heterocycles. The number of nitro benzene ring substituents is 1. The van der Waals surface area contributed by atoms with Crippen LogP contribution < -0.4 is 4.74 Å². The number of carbonyl (C=O) groups is 1. The minimum Gasteiger partial charge on any atom is -0.486 e. The maximum absolute atomic E-state index is 11.7. The molecule has 0 bridgehead atoms. The molecule has 0 aromatic heterocycles. The first-order valence-corrected chi connectivity index (χ1v) is 10.6. The maximum Gasteiger partial charge on any atom is 0.303 e. The molecule has 164 valence electrons. The van der Waals surface area contributed by atoms with Crippen LogP contribution >= 0.6 is 11.8 Å². The molecule has 0 saturated carbocycles. The fraction of sp³-hybridized carbons (Fsp3) is 0.318. The fourth-order valence-corrected chi connectivity index (χ4v) is 4.02. The lowest BCUT2D eigenvalue weighted by Crippen LogP contribution is -2.34. The summed E-state index contributed by atoms with van der Waals surface area (Å²) in [7, 11) is 0. The third-order valence-corrected chi connectivity index (χ3v) is 5.52. The molecular formula is C22H23NO7S. The van der Waals surface area contributed by atoms with Gasteiger partial charge in [-0.25, -0.2) is 0 Å². The quantitative estimate of drug-likeness (QED) is 0.311. The van der Waals surface area contributed by atoms with Crippen LogP contribution in [0.5, 0.6) is 5.75 Å². The molecule has 0 saturated heterocycles. The van der Waals surface area contributed by atoms with Gasteiger partial charge in [-0.05, 0) is 31.2 Å². The van der Waals surface area contributed by atoms with Crippen LogP contribution in [0.3, 0.4) is 0 Å². The lowest BCUT2D eigenvalue weighted by atomic mass is 10.1. The van der Waals surface area contributed by atoms with Crippen molar-refractivity contribution in [3.05, 3.63) is 75.4 Å². The summed E-state index contributed by atoms with van der Waals surface area (Å²) >= 11 is 1.44. The molecule has 0 aliphatic carbocycles. The molecule has 2 aromatic carbocycles. The number of nitro groups is 1. The van der Waals surface area contributed by atoms with Gasteiger partial charge in [-0.2, -0.15) is 0 Å². The van der Waals surface area contributed by atoms with Crippen LogP contribution in [0.25, 0.3) is 0 Å². The van der Waals surface area contributed by atoms with Crippen molar-refractivity contribution in [3.8, 4) is 5.75 Å². The summed E-state index contributed by atoms with van der Waals surface area (Å²) in [5.74, 6) is 0.542. The second-order valence-electron chi connectivity index (χ2n) is 6.58. The number of non-ortho nitro benzene ring substituents is 1. The first-order chi connectivity index (χ1) is 15.0. The van der Waals surface area contributed by atoms with Gasteiger partial charge in [0.2, 0.25) is 6.29 Å². The first kappa shape index (κ1) is 22.6. The Balaban J connectivity index is 1.87. The highest BCUT2D eigenvalue weighted by molar-refractivity contribution is 8.03. The van der Waals surface area contributed by atoms with Crippen molar-refractivity contribution in [1.82, 2.24) is 0 Å². The molecule has 0 N–H and O–H groups in total. The van der Waals surface area contributed by atoms with E-state index in [1.807, 2.05) is 37.3 Å². The Kier molecular flexibility index (Phi) is 7.91. The predicted octanol–water partition coefficient (Wildman–Crippen LogP) is 4.69. The molecule has 8 nitrogen and oxygen atoms in total. The molecule has 1 aliphatic heterocycles. The molecule has 9 heteroatoms. The van der Waals surface area contributed by atoms with E-state index >= 15 is 0 Å². The number of thioether (sulfide) groups is 1. The normalized spacial score (nSPS) is 18.3. The van der Waals surface area contributed by atoms with Crippen molar-refractivity contribution < 1.29 is 28.7 Å². The lowest BCUT2D eigenvalue weighted by molar-refractivity contribution is -0.384. The SMILES string of the molecule is CCO[C@@H]1C[C@@H](OC(C)=O)C(Sc2ccccc2)=C(COc2ccc([N+](=O)[O-])cc2)O1. The second-order valence-corrected chi connectivity index (χ2v) is 7.69. The van der Waals surface area contributed by atoms with E-state index in [0.29, 0.717) is 24.5 Å². The summed E-state index contributed by atoms with van der Waals surface area (Å²) in [6, 6.07) is 15.4. The van der Waals surface area contributed by atoms with E-state index in [-0.39, 0.29) is 12.3 Å². The molecule has 31 heavy (non-hydrogen) atoms. The molecule has 2 atom stereocenters. The van der Waals surface area contributed by atoms with E-state index in [9.17, 15) is 14.9 Å². The van der Waals surface area contributed by atoms with Crippen molar-refractivity contribution in [3.63, 3.8) is 0 Å². The van der Waals surface area contributed by atoms with E-state index < -0.39 is 23.3 Å². The van der Waals surface area contributed by atoms with Crippen LogP contribution in [-0.4, -0.2) is 36.5 Å². The summed E-state index contributed by atoms with van der Waals surface area (Å²) < 4.78 is 23.0. The van der Waals surface area contributed by atoms with Gasteiger partial charge in [-0.15, -0.1) is 0 Å². The van der Waals surface area contributed by atoms with Gasteiger partial charge in [0.1, 0.15) is 18.5 Å². The highest BCUT2D eigenvalue weighted by Crippen LogP contribution is 2.39. The predicted molar refractivity (Wildman–Crippen MR) is 115 cm³/mol. The van der Waals surface area contributed by atoms with Crippen molar-refractivity contribution in [2.24, 2.45) is 0 Å². The zero-order chi connectivity index (χ0) is 22.2. The Labute approximate surface area is 184 Å². The summed E-state index contributed by atoms with van der Waals surface area (Å²) in [5, 5.41) is 10.8. The summed E-state index contributed by atoms with van der Waals surface area (Å²) in [6.07, 6.45) is -0.753.